The van der Waals surface area contributed by atoms with Gasteiger partial charge in [0.05, 0.1) is 6.10 Å². The van der Waals surface area contributed by atoms with E-state index in [1.54, 1.807) is 0 Å². The molecule has 0 saturated carbocycles. The lowest BCUT2D eigenvalue weighted by molar-refractivity contribution is 0.145. The van der Waals surface area contributed by atoms with E-state index < -0.39 is 0 Å². The average molecular weight is 199 g/mol. The van der Waals surface area contributed by atoms with E-state index in [-0.39, 0.29) is 6.10 Å². The van der Waals surface area contributed by atoms with E-state index in [0.29, 0.717) is 0 Å². The zero-order valence-electron chi connectivity index (χ0n) is 7.60. The molecule has 0 radical (unpaired) electrons. The van der Waals surface area contributed by atoms with Crippen molar-refractivity contribution in [2.24, 2.45) is 0 Å². The lowest BCUT2D eigenvalue weighted by Gasteiger charge is -2.28. The Morgan fingerprint density at radius 1 is 1.46 bits per heavy atom. The Kier molecular flexibility index (Phi) is 2.46. The molecular weight excluding hydrogens is 186 g/mol. The highest BCUT2D eigenvalue weighted by Crippen LogP contribution is 2.21. The molecule has 2 heterocycles. The molecule has 1 fully saturated rings. The molecule has 0 aromatic carbocycles. The molecule has 2 rings (SSSR count). The average Bonchev–Trinajstić information content (AvgIpc) is 2.53. The molecule has 1 aromatic heterocycles. The fourth-order valence-corrected chi connectivity index (χ4v) is 2.20. The SMILES string of the molecule is Cc1nsc(N2CCC(O)CC2)n1. The van der Waals surface area contributed by atoms with E-state index in [1.807, 2.05) is 6.92 Å². The molecule has 1 N–H and O–H groups in total. The van der Waals surface area contributed by atoms with Crippen molar-refractivity contribution in [3.05, 3.63) is 5.82 Å². The molecular formula is C8H13N3OS. The second-order valence-corrected chi connectivity index (χ2v) is 4.07. The summed E-state index contributed by atoms with van der Waals surface area (Å²) < 4.78 is 4.14. The maximum atomic E-state index is 9.32. The maximum absolute atomic E-state index is 9.32. The van der Waals surface area contributed by atoms with Crippen LogP contribution in [0.4, 0.5) is 5.13 Å². The molecule has 0 bridgehead atoms. The van der Waals surface area contributed by atoms with Gasteiger partial charge in [0.2, 0.25) is 5.13 Å². The summed E-state index contributed by atoms with van der Waals surface area (Å²) in [6.45, 7) is 3.70. The fourth-order valence-electron chi connectivity index (χ4n) is 1.47. The number of hydrogen-bond acceptors (Lipinski definition) is 5. The van der Waals surface area contributed by atoms with E-state index >= 15 is 0 Å². The van der Waals surface area contributed by atoms with Gasteiger partial charge in [-0.3, -0.25) is 0 Å². The van der Waals surface area contributed by atoms with Gasteiger partial charge in [-0.2, -0.15) is 4.37 Å². The lowest BCUT2D eigenvalue weighted by atomic mass is 10.1. The van der Waals surface area contributed by atoms with Crippen LogP contribution in [0.25, 0.3) is 0 Å². The van der Waals surface area contributed by atoms with E-state index in [4.69, 9.17) is 0 Å². The summed E-state index contributed by atoms with van der Waals surface area (Å²) >= 11 is 1.44. The van der Waals surface area contributed by atoms with Gasteiger partial charge < -0.3 is 10.0 Å². The van der Waals surface area contributed by atoms with Crippen molar-refractivity contribution < 1.29 is 5.11 Å². The Morgan fingerprint density at radius 2 is 2.15 bits per heavy atom. The zero-order chi connectivity index (χ0) is 9.26. The second-order valence-electron chi connectivity index (χ2n) is 3.34. The van der Waals surface area contributed by atoms with Crippen molar-refractivity contribution in [1.29, 1.82) is 0 Å². The van der Waals surface area contributed by atoms with Crippen LogP contribution < -0.4 is 4.90 Å². The molecule has 0 spiro atoms. The quantitative estimate of drug-likeness (QED) is 0.727. The monoisotopic (exact) mass is 199 g/mol. The predicted octanol–water partition coefficient (Wildman–Crippen LogP) is 0.808. The van der Waals surface area contributed by atoms with Gasteiger partial charge in [0.25, 0.3) is 0 Å². The van der Waals surface area contributed by atoms with E-state index in [2.05, 4.69) is 14.3 Å². The topological polar surface area (TPSA) is 49.2 Å². The van der Waals surface area contributed by atoms with Crippen LogP contribution in [0.1, 0.15) is 18.7 Å². The van der Waals surface area contributed by atoms with Gasteiger partial charge in [-0.05, 0) is 19.8 Å². The Bertz CT molecular complexity index is 281. The van der Waals surface area contributed by atoms with Gasteiger partial charge in [0.1, 0.15) is 5.82 Å². The van der Waals surface area contributed by atoms with Crippen molar-refractivity contribution in [2.45, 2.75) is 25.9 Å². The minimum atomic E-state index is -0.120. The van der Waals surface area contributed by atoms with Crippen LogP contribution >= 0.6 is 11.5 Å². The first kappa shape index (κ1) is 8.90. The van der Waals surface area contributed by atoms with Crippen LogP contribution in [-0.2, 0) is 0 Å². The molecule has 1 saturated heterocycles. The standard InChI is InChI=1S/C8H13N3OS/c1-6-9-8(13-10-6)11-4-2-7(12)3-5-11/h7,12H,2-5H2,1H3. The Hall–Kier alpha value is -0.680. The number of aromatic nitrogens is 2. The van der Waals surface area contributed by atoms with Crippen molar-refractivity contribution in [3.63, 3.8) is 0 Å². The molecule has 0 atom stereocenters. The summed E-state index contributed by atoms with van der Waals surface area (Å²) in [6, 6.07) is 0. The Morgan fingerprint density at radius 3 is 2.69 bits per heavy atom. The largest absolute Gasteiger partial charge is 0.393 e. The van der Waals surface area contributed by atoms with E-state index in [1.165, 1.54) is 11.5 Å². The molecule has 1 aliphatic heterocycles. The number of aliphatic hydroxyl groups excluding tert-OH is 1. The second kappa shape index (κ2) is 3.59. The van der Waals surface area contributed by atoms with Crippen LogP contribution in [-0.4, -0.2) is 33.7 Å². The van der Waals surface area contributed by atoms with Gasteiger partial charge in [-0.25, -0.2) is 4.98 Å². The smallest absolute Gasteiger partial charge is 0.205 e. The van der Waals surface area contributed by atoms with Crippen molar-refractivity contribution in [2.75, 3.05) is 18.0 Å². The number of rotatable bonds is 1. The normalized spacial score (nSPS) is 19.4. The summed E-state index contributed by atoms with van der Waals surface area (Å²) in [5, 5.41) is 10.3. The third-order valence-electron chi connectivity index (χ3n) is 2.25. The number of aliphatic hydroxyl groups is 1. The van der Waals surface area contributed by atoms with Crippen LogP contribution in [0.5, 0.6) is 0 Å². The number of hydrogen-bond donors (Lipinski definition) is 1. The first-order valence-electron chi connectivity index (χ1n) is 4.49. The minimum absolute atomic E-state index is 0.120. The van der Waals surface area contributed by atoms with Gasteiger partial charge in [-0.1, -0.05) is 0 Å². The minimum Gasteiger partial charge on any atom is -0.393 e. The molecule has 5 heteroatoms. The summed E-state index contributed by atoms with van der Waals surface area (Å²) in [6.07, 6.45) is 1.57. The molecule has 0 aliphatic carbocycles. The van der Waals surface area contributed by atoms with Gasteiger partial charge in [0.15, 0.2) is 0 Å². The van der Waals surface area contributed by atoms with Gasteiger partial charge in [0, 0.05) is 24.6 Å². The van der Waals surface area contributed by atoms with Crippen LogP contribution in [0.2, 0.25) is 0 Å². The Labute approximate surface area is 81.4 Å². The molecule has 4 nitrogen and oxygen atoms in total. The summed E-state index contributed by atoms with van der Waals surface area (Å²) in [7, 11) is 0. The van der Waals surface area contributed by atoms with E-state index in [0.717, 1.165) is 36.9 Å². The number of nitrogens with zero attached hydrogens (tertiary/aromatic N) is 3. The lowest BCUT2D eigenvalue weighted by Crippen LogP contribution is -2.35. The zero-order valence-corrected chi connectivity index (χ0v) is 8.42. The number of aryl methyl sites for hydroxylation is 1. The predicted molar refractivity (Wildman–Crippen MR) is 52.1 cm³/mol. The maximum Gasteiger partial charge on any atom is 0.205 e. The molecule has 72 valence electrons. The van der Waals surface area contributed by atoms with Gasteiger partial charge >= 0.3 is 0 Å². The van der Waals surface area contributed by atoms with E-state index in [9.17, 15) is 5.11 Å². The van der Waals surface area contributed by atoms with Crippen molar-refractivity contribution in [3.8, 4) is 0 Å². The first-order chi connectivity index (χ1) is 6.25. The highest BCUT2D eigenvalue weighted by Gasteiger charge is 2.19. The van der Waals surface area contributed by atoms with Crippen molar-refractivity contribution >= 4 is 16.7 Å². The highest BCUT2D eigenvalue weighted by atomic mass is 32.1. The fraction of sp³-hybridized carbons (Fsp3) is 0.750. The molecule has 0 unspecified atom stereocenters. The summed E-state index contributed by atoms with van der Waals surface area (Å²) in [4.78, 5) is 6.50. The summed E-state index contributed by atoms with van der Waals surface area (Å²) in [5.41, 5.74) is 0. The summed E-state index contributed by atoms with van der Waals surface area (Å²) in [5.74, 6) is 0.839. The molecule has 0 amide bonds. The van der Waals surface area contributed by atoms with Crippen LogP contribution in [0.3, 0.4) is 0 Å². The third kappa shape index (κ3) is 1.97. The molecule has 1 aromatic rings. The van der Waals surface area contributed by atoms with Crippen LogP contribution in [0, 0.1) is 6.92 Å². The van der Waals surface area contributed by atoms with Gasteiger partial charge in [-0.15, -0.1) is 0 Å². The number of anilines is 1. The Balaban J connectivity index is 2.02. The first-order valence-corrected chi connectivity index (χ1v) is 5.26. The highest BCUT2D eigenvalue weighted by molar-refractivity contribution is 7.09. The van der Waals surface area contributed by atoms with Crippen molar-refractivity contribution in [1.82, 2.24) is 9.36 Å². The number of piperidine rings is 1. The van der Waals surface area contributed by atoms with Crippen LogP contribution in [0.15, 0.2) is 0 Å². The molecule has 13 heavy (non-hydrogen) atoms. The third-order valence-corrected chi connectivity index (χ3v) is 3.12. The molecule has 1 aliphatic rings.